The molecule has 0 unspecified atom stereocenters. The third-order valence-corrected chi connectivity index (χ3v) is 2.37. The molecule has 1 heterocycles. The van der Waals surface area contributed by atoms with Crippen LogP contribution in [0.15, 0.2) is 12.5 Å². The van der Waals surface area contributed by atoms with E-state index in [0.717, 1.165) is 6.20 Å². The summed E-state index contributed by atoms with van der Waals surface area (Å²) < 4.78 is 12.1. The standard InChI is InChI=1S/C5H11N4O3P/c6-4(7)2-9-3-8-1-5(9)13(10,11)12/h1,3-4H,2,6-7H2,(H2,10,11,12). The highest BCUT2D eigenvalue weighted by molar-refractivity contribution is 7.60. The molecule has 0 atom stereocenters. The second-order valence-corrected chi connectivity index (χ2v) is 4.16. The van der Waals surface area contributed by atoms with Crippen molar-refractivity contribution in [2.24, 2.45) is 11.5 Å². The summed E-state index contributed by atoms with van der Waals surface area (Å²) in [7, 11) is -4.27. The first-order valence-corrected chi connectivity index (χ1v) is 5.10. The first-order valence-electron chi connectivity index (χ1n) is 3.48. The average Bonchev–Trinajstić information content (AvgIpc) is 2.31. The first-order chi connectivity index (χ1) is 5.91. The van der Waals surface area contributed by atoms with Crippen molar-refractivity contribution in [1.29, 1.82) is 0 Å². The molecule has 0 aliphatic carbocycles. The predicted molar refractivity (Wildman–Crippen MR) is 46.1 cm³/mol. The van der Waals surface area contributed by atoms with Crippen LogP contribution in [0.3, 0.4) is 0 Å². The minimum atomic E-state index is -4.27. The molecule has 0 aliphatic heterocycles. The molecule has 0 saturated carbocycles. The van der Waals surface area contributed by atoms with Crippen LogP contribution in [0.2, 0.25) is 0 Å². The molecule has 74 valence electrons. The van der Waals surface area contributed by atoms with E-state index in [1.807, 2.05) is 0 Å². The number of nitrogens with two attached hydrogens (primary N) is 2. The van der Waals surface area contributed by atoms with Crippen molar-refractivity contribution in [3.63, 3.8) is 0 Å². The Kier molecular flexibility index (Phi) is 2.84. The van der Waals surface area contributed by atoms with Gasteiger partial charge in [0.15, 0.2) is 5.44 Å². The van der Waals surface area contributed by atoms with Crippen molar-refractivity contribution < 1.29 is 14.4 Å². The maximum Gasteiger partial charge on any atom is 0.374 e. The second-order valence-electron chi connectivity index (χ2n) is 2.61. The van der Waals surface area contributed by atoms with Gasteiger partial charge in [0, 0.05) is 0 Å². The predicted octanol–water partition coefficient (Wildman–Crippen LogP) is -2.07. The third kappa shape index (κ3) is 2.61. The molecule has 0 fully saturated rings. The van der Waals surface area contributed by atoms with Crippen LogP contribution in [-0.2, 0) is 11.1 Å². The van der Waals surface area contributed by atoms with Crippen LogP contribution < -0.4 is 16.9 Å². The number of imidazole rings is 1. The van der Waals surface area contributed by atoms with Gasteiger partial charge in [0.25, 0.3) is 0 Å². The highest BCUT2D eigenvalue weighted by Gasteiger charge is 2.22. The molecule has 0 radical (unpaired) electrons. The number of rotatable bonds is 3. The molecule has 8 heteroatoms. The van der Waals surface area contributed by atoms with Gasteiger partial charge in [0.1, 0.15) is 0 Å². The van der Waals surface area contributed by atoms with E-state index < -0.39 is 13.8 Å². The van der Waals surface area contributed by atoms with Gasteiger partial charge in [-0.25, -0.2) is 4.98 Å². The lowest BCUT2D eigenvalue weighted by Gasteiger charge is -2.10. The van der Waals surface area contributed by atoms with Crippen molar-refractivity contribution in [2.75, 3.05) is 0 Å². The van der Waals surface area contributed by atoms with Crippen LogP contribution in [0, 0.1) is 0 Å². The molecule has 1 rings (SSSR count). The maximum absolute atomic E-state index is 10.8. The molecular weight excluding hydrogens is 195 g/mol. The minimum Gasteiger partial charge on any atom is -0.322 e. The number of hydrogen-bond donors (Lipinski definition) is 4. The van der Waals surface area contributed by atoms with Crippen LogP contribution in [-0.4, -0.2) is 25.5 Å². The van der Waals surface area contributed by atoms with Crippen LogP contribution in [0.5, 0.6) is 0 Å². The van der Waals surface area contributed by atoms with Gasteiger partial charge in [0.05, 0.1) is 25.2 Å². The lowest BCUT2D eigenvalue weighted by atomic mass is 10.5. The first kappa shape index (κ1) is 10.4. The van der Waals surface area contributed by atoms with E-state index in [1.54, 1.807) is 0 Å². The molecule has 13 heavy (non-hydrogen) atoms. The lowest BCUT2D eigenvalue weighted by molar-refractivity contribution is 0.384. The normalized spacial score (nSPS) is 12.4. The molecule has 0 amide bonds. The summed E-state index contributed by atoms with van der Waals surface area (Å²) >= 11 is 0. The molecule has 0 aromatic carbocycles. The number of nitrogens with zero attached hydrogens (tertiary/aromatic N) is 2. The summed E-state index contributed by atoms with van der Waals surface area (Å²) in [5, 5.41) is 0. The average molecular weight is 206 g/mol. The van der Waals surface area contributed by atoms with Gasteiger partial charge in [0.2, 0.25) is 0 Å². The molecule has 1 aromatic heterocycles. The molecule has 6 N–H and O–H groups in total. The Bertz CT molecular complexity index is 330. The molecule has 0 saturated heterocycles. The Hall–Kier alpha value is -0.720. The molecule has 0 aliphatic rings. The van der Waals surface area contributed by atoms with Gasteiger partial charge in [-0.3, -0.25) is 4.57 Å². The number of aromatic nitrogens is 2. The van der Waals surface area contributed by atoms with Crippen molar-refractivity contribution >= 4 is 13.0 Å². The van der Waals surface area contributed by atoms with Crippen LogP contribution in [0.25, 0.3) is 0 Å². The zero-order valence-electron chi connectivity index (χ0n) is 6.74. The highest BCUT2D eigenvalue weighted by Crippen LogP contribution is 2.32. The fourth-order valence-corrected chi connectivity index (χ4v) is 1.61. The van der Waals surface area contributed by atoms with E-state index in [2.05, 4.69) is 4.98 Å². The largest absolute Gasteiger partial charge is 0.374 e. The van der Waals surface area contributed by atoms with E-state index in [9.17, 15) is 4.57 Å². The molecule has 0 spiro atoms. The summed E-state index contributed by atoms with van der Waals surface area (Å²) in [6.45, 7) is 0.125. The Morgan fingerprint density at radius 1 is 1.62 bits per heavy atom. The van der Waals surface area contributed by atoms with Crippen molar-refractivity contribution in [2.45, 2.75) is 12.7 Å². The summed E-state index contributed by atoms with van der Waals surface area (Å²) in [5.41, 5.74) is 10.4. The summed E-state index contributed by atoms with van der Waals surface area (Å²) in [6.07, 6.45) is 1.71. The fraction of sp³-hybridized carbons (Fsp3) is 0.400. The molecule has 0 bridgehead atoms. The van der Waals surface area contributed by atoms with Gasteiger partial charge in [-0.1, -0.05) is 0 Å². The number of hydrogen-bond acceptors (Lipinski definition) is 4. The lowest BCUT2D eigenvalue weighted by Crippen LogP contribution is -2.37. The smallest absolute Gasteiger partial charge is 0.322 e. The van der Waals surface area contributed by atoms with Crippen LogP contribution in [0.1, 0.15) is 0 Å². The fourth-order valence-electron chi connectivity index (χ4n) is 0.924. The summed E-state index contributed by atoms with van der Waals surface area (Å²) in [4.78, 5) is 21.3. The van der Waals surface area contributed by atoms with E-state index in [-0.39, 0.29) is 12.0 Å². The quantitative estimate of drug-likeness (QED) is 0.332. The van der Waals surface area contributed by atoms with Crippen LogP contribution in [0.4, 0.5) is 0 Å². The third-order valence-electron chi connectivity index (χ3n) is 1.40. The zero-order chi connectivity index (χ0) is 10.1. The highest BCUT2D eigenvalue weighted by atomic mass is 31.2. The Morgan fingerprint density at radius 2 is 2.23 bits per heavy atom. The SMILES string of the molecule is NC(N)Cn1cncc1P(=O)(O)O. The monoisotopic (exact) mass is 206 g/mol. The Morgan fingerprint density at radius 3 is 2.69 bits per heavy atom. The van der Waals surface area contributed by atoms with Crippen molar-refractivity contribution in [3.05, 3.63) is 12.5 Å². The Labute approximate surface area is 74.5 Å². The molecular formula is C5H11N4O3P. The van der Waals surface area contributed by atoms with E-state index >= 15 is 0 Å². The van der Waals surface area contributed by atoms with Gasteiger partial charge in [-0.05, 0) is 0 Å². The Balaban J connectivity index is 2.97. The minimum absolute atomic E-state index is 0.125. The summed E-state index contributed by atoms with van der Waals surface area (Å²) in [5.74, 6) is 0. The van der Waals surface area contributed by atoms with Gasteiger partial charge in [-0.2, -0.15) is 0 Å². The molecule has 1 aromatic rings. The van der Waals surface area contributed by atoms with Gasteiger partial charge < -0.3 is 25.8 Å². The van der Waals surface area contributed by atoms with E-state index in [4.69, 9.17) is 21.3 Å². The van der Waals surface area contributed by atoms with E-state index in [0.29, 0.717) is 0 Å². The zero-order valence-corrected chi connectivity index (χ0v) is 7.63. The maximum atomic E-state index is 10.8. The van der Waals surface area contributed by atoms with Gasteiger partial charge in [-0.15, -0.1) is 0 Å². The van der Waals surface area contributed by atoms with E-state index in [1.165, 1.54) is 10.9 Å². The van der Waals surface area contributed by atoms with Crippen molar-refractivity contribution in [3.8, 4) is 0 Å². The van der Waals surface area contributed by atoms with Gasteiger partial charge >= 0.3 is 7.60 Å². The summed E-state index contributed by atoms with van der Waals surface area (Å²) in [6, 6.07) is 0. The van der Waals surface area contributed by atoms with Crippen LogP contribution >= 0.6 is 7.60 Å². The topological polar surface area (TPSA) is 127 Å². The van der Waals surface area contributed by atoms with Crippen molar-refractivity contribution in [1.82, 2.24) is 9.55 Å². The molecule has 7 nitrogen and oxygen atoms in total. The second kappa shape index (κ2) is 3.57.